The minimum Gasteiger partial charge on any atom is -0.481 e. The van der Waals surface area contributed by atoms with Crippen LogP contribution in [0, 0.1) is 5.92 Å². The summed E-state index contributed by atoms with van der Waals surface area (Å²) in [4.78, 5) is 11.6. The molecule has 0 bridgehead atoms. The number of carboxylic acids is 1. The highest BCUT2D eigenvalue weighted by Gasteiger charge is 2.31. The maximum atomic E-state index is 12.1. The first-order valence-corrected chi connectivity index (χ1v) is 4.78. The molecule has 0 amide bonds. The molecule has 15 heavy (non-hydrogen) atoms. The second-order valence-electron chi connectivity index (χ2n) is 3.59. The van der Waals surface area contributed by atoms with Crippen molar-refractivity contribution in [1.29, 1.82) is 0 Å². The third kappa shape index (κ3) is 7.18. The van der Waals surface area contributed by atoms with Crippen molar-refractivity contribution in [3.05, 3.63) is 0 Å². The molecule has 0 radical (unpaired) electrons. The topological polar surface area (TPSA) is 40.5 Å². The molecule has 1 atom stereocenters. The molecule has 0 fully saturated rings. The first-order valence-electron chi connectivity index (χ1n) is 4.78. The maximum absolute atomic E-state index is 12.1. The fraction of sp³-hybridized carbons (Fsp3) is 0.889. The molecule has 6 heteroatoms. The highest BCUT2D eigenvalue weighted by molar-refractivity contribution is 5.69. The Hall–Kier alpha value is -0.780. The summed E-state index contributed by atoms with van der Waals surface area (Å²) in [5, 5.41) is 8.59. The van der Waals surface area contributed by atoms with Crippen molar-refractivity contribution in [2.45, 2.75) is 26.4 Å². The standard InChI is InChI=1S/C9H16F3NO2/c1-3-4-13(6-9(10,11)12)5-7(2)8(14)15/h7H,3-6H2,1-2H3,(H,14,15). The van der Waals surface area contributed by atoms with Crippen molar-refractivity contribution in [2.24, 2.45) is 5.92 Å². The van der Waals surface area contributed by atoms with Crippen LogP contribution in [0.25, 0.3) is 0 Å². The molecule has 0 aliphatic rings. The molecule has 3 nitrogen and oxygen atoms in total. The van der Waals surface area contributed by atoms with E-state index >= 15 is 0 Å². The fourth-order valence-corrected chi connectivity index (χ4v) is 1.27. The number of hydrogen-bond donors (Lipinski definition) is 1. The van der Waals surface area contributed by atoms with Gasteiger partial charge in [0.25, 0.3) is 0 Å². The Bertz CT molecular complexity index is 206. The van der Waals surface area contributed by atoms with Crippen LogP contribution >= 0.6 is 0 Å². The molecule has 1 unspecified atom stereocenters. The predicted octanol–water partition coefficient (Wildman–Crippen LogP) is 1.98. The summed E-state index contributed by atoms with van der Waals surface area (Å²) in [5.41, 5.74) is 0. The number of carboxylic acid groups (broad SMARTS) is 1. The summed E-state index contributed by atoms with van der Waals surface area (Å²) in [7, 11) is 0. The van der Waals surface area contributed by atoms with Gasteiger partial charge in [0.1, 0.15) is 0 Å². The lowest BCUT2D eigenvalue weighted by Crippen LogP contribution is -2.39. The molecule has 0 aromatic carbocycles. The van der Waals surface area contributed by atoms with Gasteiger partial charge in [-0.3, -0.25) is 9.69 Å². The molecule has 0 aliphatic heterocycles. The molecule has 0 spiro atoms. The third-order valence-corrected chi connectivity index (χ3v) is 1.90. The monoisotopic (exact) mass is 227 g/mol. The summed E-state index contributed by atoms with van der Waals surface area (Å²) in [5.74, 6) is -1.85. The number of halogens is 3. The van der Waals surface area contributed by atoms with Gasteiger partial charge in [0.05, 0.1) is 12.5 Å². The maximum Gasteiger partial charge on any atom is 0.401 e. The summed E-state index contributed by atoms with van der Waals surface area (Å²) in [6, 6.07) is 0. The normalized spacial score (nSPS) is 14.3. The second-order valence-corrected chi connectivity index (χ2v) is 3.59. The molecular formula is C9H16F3NO2. The lowest BCUT2D eigenvalue weighted by molar-refractivity contribution is -0.153. The van der Waals surface area contributed by atoms with Gasteiger partial charge in [0.2, 0.25) is 0 Å². The lowest BCUT2D eigenvalue weighted by Gasteiger charge is -2.24. The van der Waals surface area contributed by atoms with Gasteiger partial charge in [0, 0.05) is 6.54 Å². The van der Waals surface area contributed by atoms with Gasteiger partial charge in [-0.15, -0.1) is 0 Å². The molecule has 90 valence electrons. The molecular weight excluding hydrogens is 211 g/mol. The van der Waals surface area contributed by atoms with E-state index in [2.05, 4.69) is 0 Å². The number of hydrogen-bond acceptors (Lipinski definition) is 2. The summed E-state index contributed by atoms with van der Waals surface area (Å²) in [6.45, 7) is 2.31. The van der Waals surface area contributed by atoms with Gasteiger partial charge < -0.3 is 5.11 Å². The highest BCUT2D eigenvalue weighted by Crippen LogP contribution is 2.17. The van der Waals surface area contributed by atoms with Crippen molar-refractivity contribution in [3.8, 4) is 0 Å². The van der Waals surface area contributed by atoms with E-state index < -0.39 is 24.6 Å². The van der Waals surface area contributed by atoms with Crippen molar-refractivity contribution in [2.75, 3.05) is 19.6 Å². The average Bonchev–Trinajstić information content (AvgIpc) is 2.00. The van der Waals surface area contributed by atoms with Crippen molar-refractivity contribution < 1.29 is 23.1 Å². The minimum atomic E-state index is -4.27. The Kier molecular flexibility index (Phi) is 5.64. The summed E-state index contributed by atoms with van der Waals surface area (Å²) >= 11 is 0. The molecule has 0 rings (SSSR count). The van der Waals surface area contributed by atoms with Crippen LogP contribution in [0.3, 0.4) is 0 Å². The molecule has 0 saturated carbocycles. The molecule has 1 N–H and O–H groups in total. The zero-order valence-electron chi connectivity index (χ0n) is 8.84. The van der Waals surface area contributed by atoms with Crippen LogP contribution in [0.5, 0.6) is 0 Å². The fourth-order valence-electron chi connectivity index (χ4n) is 1.27. The van der Waals surface area contributed by atoms with Crippen molar-refractivity contribution >= 4 is 5.97 Å². The van der Waals surface area contributed by atoms with E-state index in [-0.39, 0.29) is 13.1 Å². The van der Waals surface area contributed by atoms with Crippen LogP contribution < -0.4 is 0 Å². The molecule has 0 aromatic rings. The Balaban J connectivity index is 4.21. The zero-order chi connectivity index (χ0) is 12.1. The van der Waals surface area contributed by atoms with Gasteiger partial charge in [-0.1, -0.05) is 13.8 Å². The lowest BCUT2D eigenvalue weighted by atomic mass is 10.1. The quantitative estimate of drug-likeness (QED) is 0.754. The number of carbonyl (C=O) groups is 1. The number of nitrogens with zero attached hydrogens (tertiary/aromatic N) is 1. The van der Waals surface area contributed by atoms with Crippen molar-refractivity contribution in [3.63, 3.8) is 0 Å². The van der Waals surface area contributed by atoms with E-state index in [1.807, 2.05) is 0 Å². The van der Waals surface area contributed by atoms with E-state index in [1.54, 1.807) is 6.92 Å². The Morgan fingerprint density at radius 1 is 1.47 bits per heavy atom. The first-order chi connectivity index (χ1) is 6.76. The average molecular weight is 227 g/mol. The largest absolute Gasteiger partial charge is 0.481 e. The predicted molar refractivity (Wildman–Crippen MR) is 49.6 cm³/mol. The van der Waals surface area contributed by atoms with Gasteiger partial charge in [0.15, 0.2) is 0 Å². The van der Waals surface area contributed by atoms with Crippen molar-refractivity contribution in [1.82, 2.24) is 4.90 Å². The molecule has 0 aromatic heterocycles. The van der Waals surface area contributed by atoms with E-state index in [9.17, 15) is 18.0 Å². The molecule has 0 heterocycles. The van der Waals surface area contributed by atoms with Gasteiger partial charge in [-0.25, -0.2) is 0 Å². The Morgan fingerprint density at radius 2 is 2.00 bits per heavy atom. The van der Waals surface area contributed by atoms with Crippen LogP contribution in [0.15, 0.2) is 0 Å². The highest BCUT2D eigenvalue weighted by atomic mass is 19.4. The third-order valence-electron chi connectivity index (χ3n) is 1.90. The van der Waals surface area contributed by atoms with Crippen LogP contribution in [0.2, 0.25) is 0 Å². The van der Waals surface area contributed by atoms with Gasteiger partial charge >= 0.3 is 12.1 Å². The van der Waals surface area contributed by atoms with Crippen LogP contribution in [-0.2, 0) is 4.79 Å². The van der Waals surface area contributed by atoms with Gasteiger partial charge in [-0.2, -0.15) is 13.2 Å². The molecule has 0 saturated heterocycles. The van der Waals surface area contributed by atoms with E-state index in [0.29, 0.717) is 6.42 Å². The smallest absolute Gasteiger partial charge is 0.401 e. The van der Waals surface area contributed by atoms with E-state index in [1.165, 1.54) is 6.92 Å². The summed E-state index contributed by atoms with van der Waals surface area (Å²) < 4.78 is 36.3. The Morgan fingerprint density at radius 3 is 2.33 bits per heavy atom. The van der Waals surface area contributed by atoms with E-state index in [4.69, 9.17) is 5.11 Å². The van der Waals surface area contributed by atoms with Crippen LogP contribution in [-0.4, -0.2) is 41.8 Å². The summed E-state index contributed by atoms with van der Waals surface area (Å²) in [6.07, 6.45) is -3.70. The zero-order valence-corrected chi connectivity index (χ0v) is 8.84. The number of alkyl halides is 3. The SMILES string of the molecule is CCCN(CC(C)C(=O)O)CC(F)(F)F. The minimum absolute atomic E-state index is 0.0668. The second kappa shape index (κ2) is 5.95. The van der Waals surface area contributed by atoms with Crippen LogP contribution in [0.4, 0.5) is 13.2 Å². The Labute approximate surface area is 86.9 Å². The first kappa shape index (κ1) is 14.2. The number of rotatable bonds is 6. The number of aliphatic carboxylic acids is 1. The van der Waals surface area contributed by atoms with Gasteiger partial charge in [-0.05, 0) is 13.0 Å². The molecule has 0 aliphatic carbocycles. The van der Waals surface area contributed by atoms with Crippen LogP contribution in [0.1, 0.15) is 20.3 Å². The van der Waals surface area contributed by atoms with E-state index in [0.717, 1.165) is 4.90 Å².